The fourth-order valence-corrected chi connectivity index (χ4v) is 2.63. The third-order valence-corrected chi connectivity index (χ3v) is 3.76. The van der Waals surface area contributed by atoms with E-state index in [0.29, 0.717) is 18.3 Å². The standard InChI is InChI=1S/C16H20N4O3/c1-11-18-15(23-20-11)10-17-16(21)19-13-7-8-22-14(9-13)12-5-3-2-4-6-12/h2-6,13-14H,7-10H2,1H3,(H2,17,19,21)/t13-,14+/m0/s1. The number of aromatic nitrogens is 2. The topological polar surface area (TPSA) is 89.3 Å². The van der Waals surface area contributed by atoms with Crippen molar-refractivity contribution in [1.82, 2.24) is 20.8 Å². The highest BCUT2D eigenvalue weighted by atomic mass is 16.5. The van der Waals surface area contributed by atoms with Gasteiger partial charge in [0.15, 0.2) is 5.82 Å². The van der Waals surface area contributed by atoms with Gasteiger partial charge in [0, 0.05) is 12.6 Å². The van der Waals surface area contributed by atoms with Crippen LogP contribution in [0, 0.1) is 6.92 Å². The molecular formula is C16H20N4O3. The summed E-state index contributed by atoms with van der Waals surface area (Å²) in [4.78, 5) is 16.0. The van der Waals surface area contributed by atoms with E-state index >= 15 is 0 Å². The number of carbonyl (C=O) groups excluding carboxylic acids is 1. The predicted molar refractivity (Wildman–Crippen MR) is 82.6 cm³/mol. The number of hydrogen-bond donors (Lipinski definition) is 2. The maximum Gasteiger partial charge on any atom is 0.315 e. The van der Waals surface area contributed by atoms with Gasteiger partial charge in [-0.2, -0.15) is 4.98 Å². The van der Waals surface area contributed by atoms with Crippen LogP contribution >= 0.6 is 0 Å². The molecule has 1 aromatic carbocycles. The summed E-state index contributed by atoms with van der Waals surface area (Å²) in [6.45, 7) is 2.59. The van der Waals surface area contributed by atoms with E-state index in [1.165, 1.54) is 0 Å². The highest BCUT2D eigenvalue weighted by molar-refractivity contribution is 5.74. The van der Waals surface area contributed by atoms with Crippen LogP contribution in [0.5, 0.6) is 0 Å². The lowest BCUT2D eigenvalue weighted by molar-refractivity contribution is 0.00224. The highest BCUT2D eigenvalue weighted by Gasteiger charge is 2.25. The van der Waals surface area contributed by atoms with Crippen molar-refractivity contribution in [3.05, 3.63) is 47.6 Å². The molecule has 0 saturated carbocycles. The van der Waals surface area contributed by atoms with Crippen molar-refractivity contribution in [3.8, 4) is 0 Å². The molecule has 7 nitrogen and oxygen atoms in total. The van der Waals surface area contributed by atoms with Gasteiger partial charge in [0.2, 0.25) is 5.89 Å². The molecule has 0 spiro atoms. The minimum Gasteiger partial charge on any atom is -0.373 e. The molecule has 2 heterocycles. The molecule has 2 N–H and O–H groups in total. The van der Waals surface area contributed by atoms with Crippen LogP contribution in [0.25, 0.3) is 0 Å². The van der Waals surface area contributed by atoms with Gasteiger partial charge >= 0.3 is 6.03 Å². The number of aryl methyl sites for hydroxylation is 1. The first-order chi connectivity index (χ1) is 11.2. The molecule has 1 aromatic heterocycles. The van der Waals surface area contributed by atoms with Gasteiger partial charge < -0.3 is 19.9 Å². The molecule has 23 heavy (non-hydrogen) atoms. The number of nitrogens with one attached hydrogen (secondary N) is 2. The molecule has 2 atom stereocenters. The fourth-order valence-electron chi connectivity index (χ4n) is 2.63. The summed E-state index contributed by atoms with van der Waals surface area (Å²) >= 11 is 0. The van der Waals surface area contributed by atoms with Gasteiger partial charge in [-0.25, -0.2) is 4.79 Å². The van der Waals surface area contributed by atoms with Crippen molar-refractivity contribution in [2.24, 2.45) is 0 Å². The van der Waals surface area contributed by atoms with E-state index in [4.69, 9.17) is 9.26 Å². The minimum absolute atomic E-state index is 0.0221. The molecule has 2 aromatic rings. The number of nitrogens with zero attached hydrogens (tertiary/aromatic N) is 2. The molecule has 1 saturated heterocycles. The summed E-state index contributed by atoms with van der Waals surface area (Å²) in [5.74, 6) is 0.948. The van der Waals surface area contributed by atoms with E-state index in [9.17, 15) is 4.79 Å². The Labute approximate surface area is 134 Å². The molecule has 2 amide bonds. The van der Waals surface area contributed by atoms with Crippen LogP contribution in [-0.2, 0) is 11.3 Å². The van der Waals surface area contributed by atoms with E-state index in [1.54, 1.807) is 6.92 Å². The second-order valence-electron chi connectivity index (χ2n) is 5.55. The average molecular weight is 316 g/mol. The molecular weight excluding hydrogens is 296 g/mol. The highest BCUT2D eigenvalue weighted by Crippen LogP contribution is 2.27. The number of amides is 2. The smallest absolute Gasteiger partial charge is 0.315 e. The normalized spacial score (nSPS) is 20.9. The van der Waals surface area contributed by atoms with Crippen LogP contribution in [0.3, 0.4) is 0 Å². The summed E-state index contributed by atoms with van der Waals surface area (Å²) in [6, 6.07) is 9.91. The minimum atomic E-state index is -0.237. The number of benzene rings is 1. The first kappa shape index (κ1) is 15.5. The molecule has 1 fully saturated rings. The van der Waals surface area contributed by atoms with Gasteiger partial charge in [-0.1, -0.05) is 35.5 Å². The third kappa shape index (κ3) is 4.29. The molecule has 0 radical (unpaired) electrons. The zero-order chi connectivity index (χ0) is 16.1. The molecule has 0 unspecified atom stereocenters. The number of hydrogen-bond acceptors (Lipinski definition) is 5. The first-order valence-electron chi connectivity index (χ1n) is 7.71. The quantitative estimate of drug-likeness (QED) is 0.901. The Kier molecular flexibility index (Phi) is 4.87. The zero-order valence-electron chi connectivity index (χ0n) is 13.0. The fraction of sp³-hybridized carbons (Fsp3) is 0.438. The van der Waals surface area contributed by atoms with Gasteiger partial charge in [-0.05, 0) is 25.3 Å². The Balaban J connectivity index is 1.48. The van der Waals surface area contributed by atoms with Crippen molar-refractivity contribution in [3.63, 3.8) is 0 Å². The summed E-state index contributed by atoms with van der Waals surface area (Å²) in [5, 5.41) is 9.38. The second-order valence-corrected chi connectivity index (χ2v) is 5.55. The Morgan fingerprint density at radius 3 is 2.91 bits per heavy atom. The van der Waals surface area contributed by atoms with E-state index in [2.05, 4.69) is 20.8 Å². The second kappa shape index (κ2) is 7.23. The van der Waals surface area contributed by atoms with E-state index in [-0.39, 0.29) is 24.7 Å². The van der Waals surface area contributed by atoms with E-state index in [0.717, 1.165) is 18.4 Å². The van der Waals surface area contributed by atoms with E-state index < -0.39 is 0 Å². The van der Waals surface area contributed by atoms with Crippen molar-refractivity contribution >= 4 is 6.03 Å². The third-order valence-electron chi connectivity index (χ3n) is 3.76. The summed E-state index contributed by atoms with van der Waals surface area (Å²) in [7, 11) is 0. The largest absolute Gasteiger partial charge is 0.373 e. The van der Waals surface area contributed by atoms with Crippen molar-refractivity contribution in [2.45, 2.75) is 38.5 Å². The Morgan fingerprint density at radius 2 is 2.17 bits per heavy atom. The Morgan fingerprint density at radius 1 is 1.35 bits per heavy atom. The van der Waals surface area contributed by atoms with Crippen LogP contribution in [0.2, 0.25) is 0 Å². The number of carbonyl (C=O) groups is 1. The van der Waals surface area contributed by atoms with Gasteiger partial charge in [0.25, 0.3) is 0 Å². The lowest BCUT2D eigenvalue weighted by Crippen LogP contribution is -2.44. The maximum absolute atomic E-state index is 12.0. The first-order valence-corrected chi connectivity index (χ1v) is 7.71. The van der Waals surface area contributed by atoms with Crippen LogP contribution in [-0.4, -0.2) is 28.8 Å². The molecule has 0 aliphatic carbocycles. The van der Waals surface area contributed by atoms with Gasteiger partial charge in [0.1, 0.15) is 0 Å². The van der Waals surface area contributed by atoms with Crippen LogP contribution in [0.1, 0.15) is 36.2 Å². The van der Waals surface area contributed by atoms with Gasteiger partial charge in [0.05, 0.1) is 12.6 Å². The van der Waals surface area contributed by atoms with E-state index in [1.807, 2.05) is 30.3 Å². The number of rotatable bonds is 4. The van der Waals surface area contributed by atoms with Crippen LogP contribution < -0.4 is 10.6 Å². The molecule has 122 valence electrons. The Hall–Kier alpha value is -2.41. The molecule has 0 bridgehead atoms. The number of ether oxygens (including phenoxy) is 1. The van der Waals surface area contributed by atoms with Gasteiger partial charge in [-0.3, -0.25) is 0 Å². The van der Waals surface area contributed by atoms with Crippen LogP contribution in [0.4, 0.5) is 4.79 Å². The SMILES string of the molecule is Cc1noc(CNC(=O)N[C@H]2CCO[C@@H](c3ccccc3)C2)n1. The molecule has 1 aliphatic heterocycles. The average Bonchev–Trinajstić information content (AvgIpc) is 3.00. The maximum atomic E-state index is 12.0. The zero-order valence-corrected chi connectivity index (χ0v) is 13.0. The van der Waals surface area contributed by atoms with Crippen molar-refractivity contribution in [1.29, 1.82) is 0 Å². The predicted octanol–water partition coefficient (Wildman–Crippen LogP) is 2.10. The monoisotopic (exact) mass is 316 g/mol. The van der Waals surface area contributed by atoms with Crippen molar-refractivity contribution in [2.75, 3.05) is 6.61 Å². The summed E-state index contributed by atoms with van der Waals surface area (Å²) < 4.78 is 10.8. The molecule has 1 aliphatic rings. The van der Waals surface area contributed by atoms with Crippen LogP contribution in [0.15, 0.2) is 34.9 Å². The van der Waals surface area contributed by atoms with Gasteiger partial charge in [-0.15, -0.1) is 0 Å². The lowest BCUT2D eigenvalue weighted by Gasteiger charge is -2.30. The summed E-state index contributed by atoms with van der Waals surface area (Å²) in [5.41, 5.74) is 1.14. The Bertz CT molecular complexity index is 644. The molecule has 7 heteroatoms. The number of urea groups is 1. The lowest BCUT2D eigenvalue weighted by atomic mass is 9.97. The van der Waals surface area contributed by atoms with Crippen molar-refractivity contribution < 1.29 is 14.1 Å². The molecule has 3 rings (SSSR count). The summed E-state index contributed by atoms with van der Waals surface area (Å²) in [6.07, 6.45) is 1.59.